The highest BCUT2D eigenvalue weighted by atomic mass is 32.1. The van der Waals surface area contributed by atoms with Crippen LogP contribution in [-0.4, -0.2) is 30.0 Å². The summed E-state index contributed by atoms with van der Waals surface area (Å²) in [5.41, 5.74) is 8.60. The minimum absolute atomic E-state index is 0.256. The number of nitrogens with zero attached hydrogens (tertiary/aromatic N) is 3. The molecule has 0 saturated carbocycles. The van der Waals surface area contributed by atoms with Gasteiger partial charge in [-0.3, -0.25) is 0 Å². The largest absolute Gasteiger partial charge is 0.439 e. The van der Waals surface area contributed by atoms with E-state index in [4.69, 9.17) is 15.5 Å². The van der Waals surface area contributed by atoms with Crippen LogP contribution in [0.5, 0.6) is 5.75 Å². The van der Waals surface area contributed by atoms with Crippen LogP contribution in [0.2, 0.25) is 0 Å². The topological polar surface area (TPSA) is 75.2 Å². The number of ether oxygens (including phenoxy) is 1. The van der Waals surface area contributed by atoms with Crippen LogP contribution in [0.3, 0.4) is 0 Å². The summed E-state index contributed by atoms with van der Waals surface area (Å²) < 4.78 is 6.00. The molecule has 2 N–H and O–H groups in total. The number of likely N-dealkylation sites (tertiary alicyclic amines) is 1. The maximum absolute atomic E-state index is 9.87. The Kier molecular flexibility index (Phi) is 3.57. The summed E-state index contributed by atoms with van der Waals surface area (Å²) in [5.74, 6) is 1.35. The van der Waals surface area contributed by atoms with E-state index < -0.39 is 0 Å². The molecule has 130 valence electrons. The van der Waals surface area contributed by atoms with Crippen molar-refractivity contribution < 1.29 is 4.74 Å². The molecule has 5 nitrogen and oxygen atoms in total. The van der Waals surface area contributed by atoms with Gasteiger partial charge in [0.2, 0.25) is 5.88 Å². The van der Waals surface area contributed by atoms with Crippen molar-refractivity contribution >= 4 is 21.6 Å². The maximum Gasteiger partial charge on any atom is 0.205 e. The summed E-state index contributed by atoms with van der Waals surface area (Å²) in [6, 6.07) is 4.44. The number of thiophene rings is 1. The lowest BCUT2D eigenvalue weighted by molar-refractivity contribution is 0.139. The van der Waals surface area contributed by atoms with E-state index in [1.807, 2.05) is 6.92 Å². The first-order valence-corrected chi connectivity index (χ1v) is 9.38. The van der Waals surface area contributed by atoms with Crippen molar-refractivity contribution in [2.45, 2.75) is 32.6 Å². The fourth-order valence-corrected chi connectivity index (χ4v) is 6.05. The predicted octanol–water partition coefficient (Wildman–Crippen LogP) is 3.21. The number of aromatic nitrogens is 1. The number of fused-ring (bicyclic) bond motifs is 4. The molecule has 1 saturated heterocycles. The molecule has 0 aromatic carbocycles. The summed E-state index contributed by atoms with van der Waals surface area (Å²) in [4.78, 5) is 9.13. The fourth-order valence-electron chi connectivity index (χ4n) is 4.49. The average molecular weight is 354 g/mol. The van der Waals surface area contributed by atoms with Crippen molar-refractivity contribution in [3.63, 3.8) is 0 Å². The SMILES string of the molecule is Cc1cc(C)c2c3c(sc2n1)[C@]1(CCN(C)C[C@@H]1C)C(C#N)=C(N)O3. The Labute approximate surface area is 151 Å². The number of hydrogen-bond acceptors (Lipinski definition) is 6. The van der Waals surface area contributed by atoms with Gasteiger partial charge in [-0.1, -0.05) is 6.92 Å². The quantitative estimate of drug-likeness (QED) is 0.786. The number of pyridine rings is 1. The summed E-state index contributed by atoms with van der Waals surface area (Å²) in [7, 11) is 2.13. The van der Waals surface area contributed by atoms with Gasteiger partial charge in [-0.05, 0) is 51.4 Å². The number of piperidine rings is 1. The van der Waals surface area contributed by atoms with Gasteiger partial charge in [0, 0.05) is 12.2 Å². The molecule has 0 aliphatic carbocycles. The molecule has 1 fully saturated rings. The second kappa shape index (κ2) is 5.45. The molecule has 1 spiro atoms. The molecule has 0 bridgehead atoms. The van der Waals surface area contributed by atoms with Crippen molar-refractivity contribution in [3.8, 4) is 11.8 Å². The van der Waals surface area contributed by atoms with Gasteiger partial charge >= 0.3 is 0 Å². The van der Waals surface area contributed by atoms with Crippen LogP contribution in [-0.2, 0) is 5.41 Å². The normalized spacial score (nSPS) is 26.6. The molecule has 0 unspecified atom stereocenters. The Morgan fingerprint density at radius 3 is 2.92 bits per heavy atom. The average Bonchev–Trinajstić information content (AvgIpc) is 2.89. The van der Waals surface area contributed by atoms with Crippen LogP contribution < -0.4 is 10.5 Å². The van der Waals surface area contributed by atoms with E-state index in [1.165, 1.54) is 0 Å². The fraction of sp³-hybridized carbons (Fsp3) is 0.474. The zero-order valence-electron chi connectivity index (χ0n) is 15.0. The summed E-state index contributed by atoms with van der Waals surface area (Å²) in [5, 5.41) is 10.9. The number of nitrogens with two attached hydrogens (primary N) is 1. The number of nitriles is 1. The van der Waals surface area contributed by atoms with E-state index in [1.54, 1.807) is 11.3 Å². The van der Waals surface area contributed by atoms with E-state index >= 15 is 0 Å². The van der Waals surface area contributed by atoms with Crippen molar-refractivity contribution in [2.24, 2.45) is 11.7 Å². The molecular formula is C19H22N4OS. The molecule has 0 radical (unpaired) electrons. The number of aryl methyl sites for hydroxylation is 2. The van der Waals surface area contributed by atoms with Gasteiger partial charge in [0.15, 0.2) is 5.75 Å². The Hall–Kier alpha value is -2.10. The maximum atomic E-state index is 9.87. The van der Waals surface area contributed by atoms with Crippen LogP contribution in [0, 0.1) is 31.1 Å². The first-order chi connectivity index (χ1) is 11.9. The highest BCUT2D eigenvalue weighted by Gasteiger charge is 2.52. The Morgan fingerprint density at radius 2 is 2.24 bits per heavy atom. The monoisotopic (exact) mass is 354 g/mol. The smallest absolute Gasteiger partial charge is 0.205 e. The van der Waals surface area contributed by atoms with Crippen molar-refractivity contribution in [2.75, 3.05) is 20.1 Å². The van der Waals surface area contributed by atoms with Crippen LogP contribution in [0.4, 0.5) is 0 Å². The van der Waals surface area contributed by atoms with Gasteiger partial charge in [-0.15, -0.1) is 11.3 Å². The molecule has 4 rings (SSSR count). The second-order valence-electron chi connectivity index (χ2n) is 7.36. The predicted molar refractivity (Wildman–Crippen MR) is 99.5 cm³/mol. The standard InChI is InChI=1S/C19H22N4OS/c1-10-7-12(3)22-18-14(10)15-16(25-18)19(13(8-20)17(21)24-15)5-6-23(4)9-11(19)2/h7,11H,5-6,9,21H2,1-4H3/t11-,19-/m0/s1. The first kappa shape index (κ1) is 16.4. The van der Waals surface area contributed by atoms with Gasteiger partial charge in [0.25, 0.3) is 0 Å². The Balaban J connectivity index is 2.05. The molecule has 2 aromatic rings. The van der Waals surface area contributed by atoms with Crippen LogP contribution in [0.25, 0.3) is 10.2 Å². The van der Waals surface area contributed by atoms with Crippen molar-refractivity contribution in [1.29, 1.82) is 5.26 Å². The first-order valence-electron chi connectivity index (χ1n) is 8.56. The third-order valence-corrected chi connectivity index (χ3v) is 6.92. The van der Waals surface area contributed by atoms with Gasteiger partial charge in [0.1, 0.15) is 16.5 Å². The molecule has 2 aromatic heterocycles. The Bertz CT molecular complexity index is 954. The highest BCUT2D eigenvalue weighted by molar-refractivity contribution is 7.19. The minimum atomic E-state index is -0.370. The molecule has 2 atom stereocenters. The van der Waals surface area contributed by atoms with Gasteiger partial charge in [-0.25, -0.2) is 4.98 Å². The third kappa shape index (κ3) is 2.12. The number of hydrogen-bond donors (Lipinski definition) is 1. The van der Waals surface area contributed by atoms with Crippen molar-refractivity contribution in [1.82, 2.24) is 9.88 Å². The summed E-state index contributed by atoms with van der Waals surface area (Å²) in [6.07, 6.45) is 0.871. The minimum Gasteiger partial charge on any atom is -0.439 e. The van der Waals surface area contributed by atoms with E-state index in [-0.39, 0.29) is 17.2 Å². The van der Waals surface area contributed by atoms with Gasteiger partial charge < -0.3 is 15.4 Å². The summed E-state index contributed by atoms with van der Waals surface area (Å²) in [6.45, 7) is 8.16. The van der Waals surface area contributed by atoms with Gasteiger partial charge in [0.05, 0.1) is 15.7 Å². The lowest BCUT2D eigenvalue weighted by atomic mass is 9.64. The molecule has 4 heterocycles. The molecule has 6 heteroatoms. The second-order valence-corrected chi connectivity index (χ2v) is 8.36. The molecule has 2 aliphatic rings. The number of rotatable bonds is 0. The molecule has 25 heavy (non-hydrogen) atoms. The zero-order chi connectivity index (χ0) is 17.9. The zero-order valence-corrected chi connectivity index (χ0v) is 15.8. The van der Waals surface area contributed by atoms with Crippen LogP contribution >= 0.6 is 11.3 Å². The summed E-state index contributed by atoms with van der Waals surface area (Å²) >= 11 is 1.66. The Morgan fingerprint density at radius 1 is 1.48 bits per heavy atom. The van der Waals surface area contributed by atoms with Crippen molar-refractivity contribution in [3.05, 3.63) is 33.7 Å². The van der Waals surface area contributed by atoms with Crippen LogP contribution in [0.1, 0.15) is 29.5 Å². The molecular weight excluding hydrogens is 332 g/mol. The highest BCUT2D eigenvalue weighted by Crippen LogP contribution is 2.57. The van der Waals surface area contributed by atoms with E-state index in [2.05, 4.69) is 37.9 Å². The van der Waals surface area contributed by atoms with E-state index in [0.29, 0.717) is 5.57 Å². The molecule has 0 amide bonds. The number of allylic oxidation sites excluding steroid dienone is 1. The molecule has 2 aliphatic heterocycles. The van der Waals surface area contributed by atoms with Crippen LogP contribution in [0.15, 0.2) is 17.5 Å². The van der Waals surface area contributed by atoms with Gasteiger partial charge in [-0.2, -0.15) is 5.26 Å². The van der Waals surface area contributed by atoms with E-state index in [0.717, 1.165) is 51.6 Å². The third-order valence-electron chi connectivity index (χ3n) is 5.68. The van der Waals surface area contributed by atoms with E-state index in [9.17, 15) is 5.26 Å². The lowest BCUT2D eigenvalue weighted by Crippen LogP contribution is -2.50. The lowest BCUT2D eigenvalue weighted by Gasteiger charge is -2.46.